The number of nitrogens with one attached hydrogen (secondary N) is 1. The van der Waals surface area contributed by atoms with Crippen LogP contribution < -0.4 is 11.1 Å². The molecule has 3 atom stereocenters. The lowest BCUT2D eigenvalue weighted by Gasteiger charge is -2.27. The molecule has 4 nitrogen and oxygen atoms in total. The average Bonchev–Trinajstić information content (AvgIpc) is 2.90. The molecule has 0 spiro atoms. The van der Waals surface area contributed by atoms with Crippen LogP contribution in [-0.4, -0.2) is 24.1 Å². The third-order valence-electron chi connectivity index (χ3n) is 3.97. The van der Waals surface area contributed by atoms with E-state index in [1.54, 1.807) is 13.0 Å². The summed E-state index contributed by atoms with van der Waals surface area (Å²) in [5.74, 6) is -0.696. The van der Waals surface area contributed by atoms with E-state index in [0.717, 1.165) is 6.42 Å². The van der Waals surface area contributed by atoms with Crippen LogP contribution >= 0.6 is 11.6 Å². The van der Waals surface area contributed by atoms with Gasteiger partial charge >= 0.3 is 0 Å². The summed E-state index contributed by atoms with van der Waals surface area (Å²) in [5, 5.41) is 3.01. The Labute approximate surface area is 135 Å². The van der Waals surface area contributed by atoms with Gasteiger partial charge in [0.15, 0.2) is 0 Å². The maximum Gasteiger partial charge on any atom is 0.240 e. The van der Waals surface area contributed by atoms with Gasteiger partial charge in [-0.2, -0.15) is 0 Å². The maximum atomic E-state index is 13.6. The molecule has 1 aliphatic heterocycles. The van der Waals surface area contributed by atoms with Crippen molar-refractivity contribution in [3.05, 3.63) is 34.6 Å². The minimum absolute atomic E-state index is 0.0693. The molecule has 1 aromatic carbocycles. The molecule has 1 aliphatic rings. The molecule has 22 heavy (non-hydrogen) atoms. The van der Waals surface area contributed by atoms with E-state index in [0.29, 0.717) is 25.0 Å². The monoisotopic (exact) mass is 328 g/mol. The molecule has 122 valence electrons. The largest absolute Gasteiger partial charge is 0.371 e. The molecule has 0 aromatic heterocycles. The lowest BCUT2D eigenvalue weighted by atomic mass is 9.94. The van der Waals surface area contributed by atoms with Crippen LogP contribution in [0.1, 0.15) is 44.8 Å². The molecular weight excluding hydrogens is 307 g/mol. The summed E-state index contributed by atoms with van der Waals surface area (Å²) in [5.41, 5.74) is 5.80. The summed E-state index contributed by atoms with van der Waals surface area (Å²) >= 11 is 5.70. The Bertz CT molecular complexity index is 551. The molecular formula is C16H22ClFN2O2. The molecule has 3 N–H and O–H groups in total. The molecule has 2 rings (SSSR count). The third kappa shape index (κ3) is 3.77. The predicted molar refractivity (Wildman–Crippen MR) is 84.2 cm³/mol. The summed E-state index contributed by atoms with van der Waals surface area (Å²) in [7, 11) is 0. The molecule has 1 saturated heterocycles. The maximum absolute atomic E-state index is 13.6. The van der Waals surface area contributed by atoms with Crippen molar-refractivity contribution < 1.29 is 13.9 Å². The Balaban J connectivity index is 2.10. The fraction of sp³-hybridized carbons (Fsp3) is 0.562. The van der Waals surface area contributed by atoms with Gasteiger partial charge in [-0.1, -0.05) is 31.0 Å². The van der Waals surface area contributed by atoms with Crippen LogP contribution in [0.4, 0.5) is 4.39 Å². The first-order valence-corrected chi connectivity index (χ1v) is 7.89. The van der Waals surface area contributed by atoms with E-state index in [1.165, 1.54) is 12.1 Å². The Hall–Kier alpha value is -1.17. The first-order valence-electron chi connectivity index (χ1n) is 7.51. The van der Waals surface area contributed by atoms with E-state index in [4.69, 9.17) is 22.1 Å². The number of rotatable bonds is 5. The highest BCUT2D eigenvalue weighted by atomic mass is 35.5. The van der Waals surface area contributed by atoms with Crippen molar-refractivity contribution in [1.29, 1.82) is 0 Å². The number of nitrogens with two attached hydrogens (primary N) is 1. The number of carbonyl (C=O) groups is 1. The highest BCUT2D eigenvalue weighted by molar-refractivity contribution is 6.30. The van der Waals surface area contributed by atoms with Gasteiger partial charge in [0, 0.05) is 6.61 Å². The normalized spacial score (nSPS) is 24.0. The molecule has 0 aliphatic carbocycles. The van der Waals surface area contributed by atoms with E-state index in [2.05, 4.69) is 5.32 Å². The number of halogens is 2. The van der Waals surface area contributed by atoms with E-state index in [-0.39, 0.29) is 23.1 Å². The van der Waals surface area contributed by atoms with Gasteiger partial charge in [-0.25, -0.2) is 4.39 Å². The minimum atomic E-state index is -0.910. The van der Waals surface area contributed by atoms with Crippen molar-refractivity contribution in [2.75, 3.05) is 6.61 Å². The lowest BCUT2D eigenvalue weighted by molar-refractivity contribution is -0.127. The molecule has 0 saturated carbocycles. The molecule has 1 aromatic rings. The fourth-order valence-electron chi connectivity index (χ4n) is 2.72. The summed E-state index contributed by atoms with van der Waals surface area (Å²) in [6, 6.07) is 4.35. The van der Waals surface area contributed by atoms with Crippen LogP contribution in [-0.2, 0) is 9.53 Å². The Kier molecular flexibility index (Phi) is 5.42. The van der Waals surface area contributed by atoms with Gasteiger partial charge in [0.2, 0.25) is 5.91 Å². The third-order valence-corrected chi connectivity index (χ3v) is 4.27. The zero-order chi connectivity index (χ0) is 16.3. The quantitative estimate of drug-likeness (QED) is 0.873. The number of hydrogen-bond acceptors (Lipinski definition) is 3. The standard InChI is InChI=1S/C16H22ClFN2O2/c1-3-7-16(2,19)15(21)20-13-6-8-22-14(13)10-4-5-11(17)12(18)9-10/h4-5,9,13-14H,3,6-8,19H2,1-2H3,(H,20,21). The van der Waals surface area contributed by atoms with E-state index >= 15 is 0 Å². The molecule has 1 heterocycles. The van der Waals surface area contributed by atoms with Crippen LogP contribution in [0.2, 0.25) is 5.02 Å². The van der Waals surface area contributed by atoms with Crippen LogP contribution in [0.5, 0.6) is 0 Å². The number of ether oxygens (including phenoxy) is 1. The second-order valence-corrected chi connectivity index (χ2v) is 6.41. The van der Waals surface area contributed by atoms with Crippen LogP contribution in [0, 0.1) is 5.82 Å². The van der Waals surface area contributed by atoms with Crippen molar-refractivity contribution in [2.45, 2.75) is 50.8 Å². The van der Waals surface area contributed by atoms with Gasteiger partial charge in [0.1, 0.15) is 11.9 Å². The summed E-state index contributed by atoms with van der Waals surface area (Å²) < 4.78 is 19.3. The van der Waals surface area contributed by atoms with Crippen molar-refractivity contribution in [1.82, 2.24) is 5.32 Å². The summed E-state index contributed by atoms with van der Waals surface area (Å²) in [4.78, 5) is 12.3. The number of amides is 1. The summed E-state index contributed by atoms with van der Waals surface area (Å²) in [6.45, 7) is 4.21. The summed E-state index contributed by atoms with van der Waals surface area (Å²) in [6.07, 6.45) is 1.72. The first-order chi connectivity index (χ1) is 10.3. The highest BCUT2D eigenvalue weighted by Gasteiger charge is 2.35. The molecule has 1 amide bonds. The molecule has 3 unspecified atom stereocenters. The Morgan fingerprint density at radius 3 is 2.95 bits per heavy atom. The Morgan fingerprint density at radius 1 is 1.59 bits per heavy atom. The van der Waals surface area contributed by atoms with Gasteiger partial charge in [0.05, 0.1) is 16.6 Å². The van der Waals surface area contributed by atoms with E-state index < -0.39 is 11.4 Å². The molecule has 6 heteroatoms. The number of benzene rings is 1. The van der Waals surface area contributed by atoms with Gasteiger partial charge in [-0.15, -0.1) is 0 Å². The topological polar surface area (TPSA) is 64.4 Å². The van der Waals surface area contributed by atoms with Crippen LogP contribution in [0.25, 0.3) is 0 Å². The van der Waals surface area contributed by atoms with E-state index in [1.807, 2.05) is 6.92 Å². The predicted octanol–water partition coefficient (Wildman–Crippen LogP) is 2.94. The second-order valence-electron chi connectivity index (χ2n) is 6.00. The SMILES string of the molecule is CCCC(C)(N)C(=O)NC1CCOC1c1ccc(Cl)c(F)c1. The second kappa shape index (κ2) is 6.94. The van der Waals surface area contributed by atoms with Gasteiger partial charge in [0.25, 0.3) is 0 Å². The van der Waals surface area contributed by atoms with Crippen molar-refractivity contribution in [3.63, 3.8) is 0 Å². The number of hydrogen-bond donors (Lipinski definition) is 2. The van der Waals surface area contributed by atoms with Gasteiger partial charge in [-0.05, 0) is 37.5 Å². The fourth-order valence-corrected chi connectivity index (χ4v) is 2.84. The smallest absolute Gasteiger partial charge is 0.240 e. The highest BCUT2D eigenvalue weighted by Crippen LogP contribution is 2.31. The van der Waals surface area contributed by atoms with Gasteiger partial charge < -0.3 is 15.8 Å². The number of carbonyl (C=O) groups excluding carboxylic acids is 1. The Morgan fingerprint density at radius 2 is 2.32 bits per heavy atom. The molecule has 0 radical (unpaired) electrons. The van der Waals surface area contributed by atoms with E-state index in [9.17, 15) is 9.18 Å². The lowest BCUT2D eigenvalue weighted by Crippen LogP contribution is -2.54. The first kappa shape index (κ1) is 17.2. The van der Waals surface area contributed by atoms with Gasteiger partial charge in [-0.3, -0.25) is 4.79 Å². The zero-order valence-corrected chi connectivity index (χ0v) is 13.6. The average molecular weight is 329 g/mol. The van der Waals surface area contributed by atoms with Crippen LogP contribution in [0.3, 0.4) is 0 Å². The van der Waals surface area contributed by atoms with Crippen molar-refractivity contribution in [3.8, 4) is 0 Å². The molecule has 1 fully saturated rings. The van der Waals surface area contributed by atoms with Crippen molar-refractivity contribution >= 4 is 17.5 Å². The molecule has 0 bridgehead atoms. The minimum Gasteiger partial charge on any atom is -0.371 e. The zero-order valence-electron chi connectivity index (χ0n) is 12.9. The van der Waals surface area contributed by atoms with Crippen molar-refractivity contribution in [2.24, 2.45) is 5.73 Å². The van der Waals surface area contributed by atoms with Crippen LogP contribution in [0.15, 0.2) is 18.2 Å².